The summed E-state index contributed by atoms with van der Waals surface area (Å²) in [6.07, 6.45) is 0. The number of aromatic hydroxyl groups is 1. The number of hydrogen-bond donors (Lipinski definition) is 2. The number of benzene rings is 1. The van der Waals surface area contributed by atoms with Gasteiger partial charge in [0, 0.05) is 13.7 Å². The zero-order chi connectivity index (χ0) is 12.8. The van der Waals surface area contributed by atoms with Crippen LogP contribution in [0.3, 0.4) is 0 Å². The lowest BCUT2D eigenvalue weighted by Crippen LogP contribution is -2.29. The fourth-order valence-corrected chi connectivity index (χ4v) is 1.54. The minimum atomic E-state index is -0.255. The second-order valence-electron chi connectivity index (χ2n) is 4.29. The Morgan fingerprint density at radius 3 is 2.88 bits per heavy atom. The van der Waals surface area contributed by atoms with E-state index in [-0.39, 0.29) is 17.6 Å². The molecule has 0 aliphatic carbocycles. The molecule has 4 nitrogen and oxygen atoms in total. The number of hydrogen-bond acceptors (Lipinski definition) is 3. The van der Waals surface area contributed by atoms with E-state index in [0.717, 1.165) is 5.56 Å². The third kappa shape index (κ3) is 4.07. The van der Waals surface area contributed by atoms with E-state index >= 15 is 0 Å². The van der Waals surface area contributed by atoms with Crippen LogP contribution in [-0.4, -0.2) is 31.3 Å². The summed E-state index contributed by atoms with van der Waals surface area (Å²) < 4.78 is 4.98. The lowest BCUT2D eigenvalue weighted by molar-refractivity contribution is 0.0931. The number of rotatable bonds is 5. The number of carbonyl (C=O) groups excluding carboxylic acids is 1. The first-order valence-corrected chi connectivity index (χ1v) is 5.61. The van der Waals surface area contributed by atoms with Gasteiger partial charge in [0.15, 0.2) is 0 Å². The minimum Gasteiger partial charge on any atom is -0.507 e. The molecule has 0 saturated heterocycles. The monoisotopic (exact) mass is 237 g/mol. The predicted molar refractivity (Wildman–Crippen MR) is 66.2 cm³/mol. The Kier molecular flexibility index (Phi) is 4.97. The highest BCUT2D eigenvalue weighted by atomic mass is 16.5. The lowest BCUT2D eigenvalue weighted by Gasteiger charge is -2.12. The van der Waals surface area contributed by atoms with Crippen molar-refractivity contribution in [2.24, 2.45) is 5.92 Å². The smallest absolute Gasteiger partial charge is 0.255 e. The van der Waals surface area contributed by atoms with Crippen molar-refractivity contribution in [1.82, 2.24) is 5.32 Å². The van der Waals surface area contributed by atoms with Crippen LogP contribution in [0.4, 0.5) is 0 Å². The van der Waals surface area contributed by atoms with E-state index in [0.29, 0.717) is 18.7 Å². The minimum absolute atomic E-state index is 0.00694. The van der Waals surface area contributed by atoms with Gasteiger partial charge in [0.05, 0.1) is 12.2 Å². The van der Waals surface area contributed by atoms with Crippen molar-refractivity contribution in [3.05, 3.63) is 29.3 Å². The molecule has 1 aromatic carbocycles. The van der Waals surface area contributed by atoms with Crippen LogP contribution in [-0.2, 0) is 4.74 Å². The molecule has 94 valence electrons. The molecular weight excluding hydrogens is 218 g/mol. The maximum atomic E-state index is 11.8. The molecule has 0 aromatic heterocycles. The lowest BCUT2D eigenvalue weighted by atomic mass is 10.1. The van der Waals surface area contributed by atoms with Crippen LogP contribution in [0.5, 0.6) is 5.75 Å². The second-order valence-corrected chi connectivity index (χ2v) is 4.29. The normalized spacial score (nSPS) is 12.2. The van der Waals surface area contributed by atoms with Gasteiger partial charge in [-0.3, -0.25) is 4.79 Å². The van der Waals surface area contributed by atoms with E-state index in [9.17, 15) is 9.90 Å². The van der Waals surface area contributed by atoms with Gasteiger partial charge in [0.2, 0.25) is 0 Å². The summed E-state index contributed by atoms with van der Waals surface area (Å²) in [5, 5.41) is 12.4. The first-order chi connectivity index (χ1) is 8.04. The molecule has 0 fully saturated rings. The fourth-order valence-electron chi connectivity index (χ4n) is 1.54. The van der Waals surface area contributed by atoms with E-state index in [1.165, 1.54) is 6.07 Å². The van der Waals surface area contributed by atoms with Gasteiger partial charge in [-0.2, -0.15) is 0 Å². The molecule has 1 rings (SSSR count). The van der Waals surface area contributed by atoms with Gasteiger partial charge in [0.25, 0.3) is 5.91 Å². The predicted octanol–water partition coefficient (Wildman–Crippen LogP) is 1.71. The van der Waals surface area contributed by atoms with Gasteiger partial charge in [0.1, 0.15) is 5.75 Å². The summed E-state index contributed by atoms with van der Waals surface area (Å²) in [5.41, 5.74) is 1.26. The largest absolute Gasteiger partial charge is 0.507 e. The van der Waals surface area contributed by atoms with Gasteiger partial charge in [-0.1, -0.05) is 18.6 Å². The number of ether oxygens (including phenoxy) is 1. The Morgan fingerprint density at radius 2 is 2.24 bits per heavy atom. The standard InChI is InChI=1S/C13H19NO3/c1-9-4-5-12(15)11(6-9)13(16)14-7-10(2)8-17-3/h4-6,10,15H,7-8H2,1-3H3,(H,14,16). The van der Waals surface area contributed by atoms with Crippen molar-refractivity contribution in [3.63, 3.8) is 0 Å². The van der Waals surface area contributed by atoms with E-state index < -0.39 is 0 Å². The zero-order valence-electron chi connectivity index (χ0n) is 10.5. The summed E-state index contributed by atoms with van der Waals surface area (Å²) in [7, 11) is 1.63. The number of nitrogens with one attached hydrogen (secondary N) is 1. The maximum Gasteiger partial charge on any atom is 0.255 e. The van der Waals surface area contributed by atoms with Crippen LogP contribution < -0.4 is 5.32 Å². The number of phenols is 1. The molecule has 0 aliphatic rings. The number of phenolic OH excluding ortho intramolecular Hbond substituents is 1. The molecule has 0 bridgehead atoms. The molecule has 1 amide bonds. The summed E-state index contributed by atoms with van der Waals surface area (Å²) in [4.78, 5) is 11.8. The molecule has 2 N–H and O–H groups in total. The Balaban J connectivity index is 2.61. The van der Waals surface area contributed by atoms with E-state index in [1.807, 2.05) is 13.8 Å². The van der Waals surface area contributed by atoms with Crippen molar-refractivity contribution in [1.29, 1.82) is 0 Å². The van der Waals surface area contributed by atoms with Gasteiger partial charge in [-0.25, -0.2) is 0 Å². The molecule has 0 heterocycles. The molecule has 0 aliphatic heterocycles. The van der Waals surface area contributed by atoms with Crippen LogP contribution in [0, 0.1) is 12.8 Å². The van der Waals surface area contributed by atoms with E-state index in [4.69, 9.17) is 4.74 Å². The van der Waals surface area contributed by atoms with Gasteiger partial charge >= 0.3 is 0 Å². The Bertz CT molecular complexity index is 390. The topological polar surface area (TPSA) is 58.6 Å². The number of aryl methyl sites for hydroxylation is 1. The van der Waals surface area contributed by atoms with Crippen LogP contribution in [0.1, 0.15) is 22.8 Å². The molecule has 1 atom stereocenters. The zero-order valence-corrected chi connectivity index (χ0v) is 10.5. The average Bonchev–Trinajstić information content (AvgIpc) is 2.29. The SMILES string of the molecule is COCC(C)CNC(=O)c1cc(C)ccc1O. The molecule has 17 heavy (non-hydrogen) atoms. The highest BCUT2D eigenvalue weighted by molar-refractivity contribution is 5.96. The molecule has 1 unspecified atom stereocenters. The summed E-state index contributed by atoms with van der Waals surface area (Å²) >= 11 is 0. The molecule has 1 aromatic rings. The number of amides is 1. The maximum absolute atomic E-state index is 11.8. The highest BCUT2D eigenvalue weighted by Crippen LogP contribution is 2.17. The van der Waals surface area contributed by atoms with Crippen molar-refractivity contribution in [2.75, 3.05) is 20.3 Å². The fraction of sp³-hybridized carbons (Fsp3) is 0.462. The van der Waals surface area contributed by atoms with Crippen molar-refractivity contribution < 1.29 is 14.6 Å². The summed E-state index contributed by atoms with van der Waals surface area (Å²) in [6.45, 7) is 4.99. The summed E-state index contributed by atoms with van der Waals surface area (Å²) in [6, 6.07) is 4.97. The van der Waals surface area contributed by atoms with Crippen LogP contribution in [0.15, 0.2) is 18.2 Å². The van der Waals surface area contributed by atoms with Crippen LogP contribution in [0.2, 0.25) is 0 Å². The first-order valence-electron chi connectivity index (χ1n) is 5.61. The van der Waals surface area contributed by atoms with Crippen LogP contribution in [0.25, 0.3) is 0 Å². The third-order valence-electron chi connectivity index (χ3n) is 2.46. The van der Waals surface area contributed by atoms with E-state index in [1.54, 1.807) is 19.2 Å². The van der Waals surface area contributed by atoms with Gasteiger partial charge in [-0.05, 0) is 25.0 Å². The first kappa shape index (κ1) is 13.5. The quantitative estimate of drug-likeness (QED) is 0.819. The molecule has 0 radical (unpaired) electrons. The van der Waals surface area contributed by atoms with Crippen molar-refractivity contribution in [3.8, 4) is 5.75 Å². The molecule has 4 heteroatoms. The Morgan fingerprint density at radius 1 is 1.53 bits per heavy atom. The van der Waals surface area contributed by atoms with Gasteiger partial charge < -0.3 is 15.2 Å². The molecular formula is C13H19NO3. The molecule has 0 saturated carbocycles. The Hall–Kier alpha value is -1.55. The van der Waals surface area contributed by atoms with Crippen molar-refractivity contribution >= 4 is 5.91 Å². The molecule has 0 spiro atoms. The summed E-state index contributed by atoms with van der Waals surface area (Å²) in [5.74, 6) is -0.00227. The third-order valence-corrected chi connectivity index (χ3v) is 2.46. The highest BCUT2D eigenvalue weighted by Gasteiger charge is 2.12. The number of methoxy groups -OCH3 is 1. The Labute approximate surface area is 102 Å². The van der Waals surface area contributed by atoms with Crippen molar-refractivity contribution in [2.45, 2.75) is 13.8 Å². The average molecular weight is 237 g/mol. The van der Waals surface area contributed by atoms with Gasteiger partial charge in [-0.15, -0.1) is 0 Å². The second kappa shape index (κ2) is 6.25. The van der Waals surface area contributed by atoms with Crippen LogP contribution >= 0.6 is 0 Å². The number of carbonyl (C=O) groups is 1. The van der Waals surface area contributed by atoms with E-state index in [2.05, 4.69) is 5.32 Å².